The first-order chi connectivity index (χ1) is 13.6. The van der Waals surface area contributed by atoms with Crippen LogP contribution in [-0.4, -0.2) is 23.7 Å². The van der Waals surface area contributed by atoms with E-state index in [-0.39, 0.29) is 13.0 Å². The second-order valence-electron chi connectivity index (χ2n) is 7.59. The van der Waals surface area contributed by atoms with Crippen molar-refractivity contribution < 1.29 is 19.4 Å². The minimum absolute atomic E-state index is 0.143. The molecule has 0 saturated carbocycles. The van der Waals surface area contributed by atoms with Crippen LogP contribution in [0.2, 0.25) is 0 Å². The number of carboxylic acids is 1. The predicted molar refractivity (Wildman–Crippen MR) is 116 cm³/mol. The SMILES string of the molecule is C=CCOC(=O)C(CCCCCCCCCCCC/C=C/CCC)CC(=O)O. The number of unbranched alkanes of at least 4 members (excludes halogenated alkanes) is 11. The van der Waals surface area contributed by atoms with Crippen molar-refractivity contribution in [3.05, 3.63) is 24.8 Å². The summed E-state index contributed by atoms with van der Waals surface area (Å²) >= 11 is 0. The van der Waals surface area contributed by atoms with Gasteiger partial charge in [-0.15, -0.1) is 0 Å². The molecule has 0 aliphatic heterocycles. The van der Waals surface area contributed by atoms with Gasteiger partial charge in [0, 0.05) is 0 Å². The first kappa shape index (κ1) is 26.4. The summed E-state index contributed by atoms with van der Waals surface area (Å²) < 4.78 is 5.00. The van der Waals surface area contributed by atoms with Crippen molar-refractivity contribution in [2.75, 3.05) is 6.61 Å². The Morgan fingerprint density at radius 1 is 0.893 bits per heavy atom. The Bertz CT molecular complexity index is 428. The molecule has 4 heteroatoms. The quantitative estimate of drug-likeness (QED) is 0.139. The number of ether oxygens (including phenoxy) is 1. The molecule has 0 radical (unpaired) electrons. The van der Waals surface area contributed by atoms with Crippen molar-refractivity contribution in [1.29, 1.82) is 0 Å². The van der Waals surface area contributed by atoms with E-state index in [1.54, 1.807) is 0 Å². The molecule has 162 valence electrons. The van der Waals surface area contributed by atoms with Crippen LogP contribution in [0.15, 0.2) is 24.8 Å². The van der Waals surface area contributed by atoms with Crippen molar-refractivity contribution in [3.63, 3.8) is 0 Å². The first-order valence-corrected chi connectivity index (χ1v) is 11.3. The third kappa shape index (κ3) is 17.8. The fourth-order valence-electron chi connectivity index (χ4n) is 3.24. The molecular weight excluding hydrogens is 352 g/mol. The van der Waals surface area contributed by atoms with Crippen LogP contribution in [-0.2, 0) is 14.3 Å². The van der Waals surface area contributed by atoms with Gasteiger partial charge in [-0.3, -0.25) is 9.59 Å². The first-order valence-electron chi connectivity index (χ1n) is 11.3. The maximum absolute atomic E-state index is 11.9. The molecule has 0 fully saturated rings. The Hall–Kier alpha value is -1.58. The van der Waals surface area contributed by atoms with Crippen LogP contribution in [0.4, 0.5) is 0 Å². The van der Waals surface area contributed by atoms with Crippen LogP contribution in [0.25, 0.3) is 0 Å². The van der Waals surface area contributed by atoms with Gasteiger partial charge in [-0.2, -0.15) is 0 Å². The molecule has 0 aromatic carbocycles. The van der Waals surface area contributed by atoms with Crippen LogP contribution in [0.5, 0.6) is 0 Å². The van der Waals surface area contributed by atoms with Gasteiger partial charge in [0.05, 0.1) is 12.3 Å². The van der Waals surface area contributed by atoms with Crippen molar-refractivity contribution in [3.8, 4) is 0 Å². The number of carbonyl (C=O) groups is 2. The Kier molecular flexibility index (Phi) is 19.0. The third-order valence-corrected chi connectivity index (χ3v) is 4.89. The lowest BCUT2D eigenvalue weighted by Gasteiger charge is -2.13. The number of aliphatic carboxylic acids is 1. The zero-order valence-corrected chi connectivity index (χ0v) is 18.0. The van der Waals surface area contributed by atoms with Crippen LogP contribution >= 0.6 is 0 Å². The van der Waals surface area contributed by atoms with E-state index in [9.17, 15) is 9.59 Å². The highest BCUT2D eigenvalue weighted by atomic mass is 16.5. The van der Waals surface area contributed by atoms with Gasteiger partial charge in [0.15, 0.2) is 0 Å². The van der Waals surface area contributed by atoms with Gasteiger partial charge in [-0.05, 0) is 25.7 Å². The molecule has 0 aromatic rings. The zero-order valence-electron chi connectivity index (χ0n) is 18.0. The topological polar surface area (TPSA) is 63.6 Å². The highest BCUT2D eigenvalue weighted by molar-refractivity contribution is 5.79. The normalized spacial score (nSPS) is 12.2. The Morgan fingerprint density at radius 3 is 1.96 bits per heavy atom. The molecule has 0 spiro atoms. The Balaban J connectivity index is 3.56. The molecular formula is C24H42O4. The summed E-state index contributed by atoms with van der Waals surface area (Å²) in [5.74, 6) is -1.89. The number of hydrogen-bond acceptors (Lipinski definition) is 3. The maximum Gasteiger partial charge on any atom is 0.309 e. The van der Waals surface area contributed by atoms with Gasteiger partial charge in [-0.1, -0.05) is 95.9 Å². The zero-order chi connectivity index (χ0) is 20.9. The predicted octanol–water partition coefficient (Wildman–Crippen LogP) is 6.84. The van der Waals surface area contributed by atoms with Crippen molar-refractivity contribution >= 4 is 11.9 Å². The van der Waals surface area contributed by atoms with Crippen molar-refractivity contribution in [1.82, 2.24) is 0 Å². The second kappa shape index (κ2) is 20.2. The molecule has 0 bridgehead atoms. The summed E-state index contributed by atoms with van der Waals surface area (Å²) in [5, 5.41) is 8.95. The number of rotatable bonds is 20. The molecule has 1 N–H and O–H groups in total. The molecule has 4 nitrogen and oxygen atoms in total. The van der Waals surface area contributed by atoms with E-state index in [0.717, 1.165) is 19.3 Å². The summed E-state index contributed by atoms with van der Waals surface area (Å²) in [6, 6.07) is 0. The molecule has 0 heterocycles. The smallest absolute Gasteiger partial charge is 0.309 e. The van der Waals surface area contributed by atoms with E-state index in [2.05, 4.69) is 25.7 Å². The van der Waals surface area contributed by atoms with Gasteiger partial charge in [-0.25, -0.2) is 0 Å². The van der Waals surface area contributed by atoms with Crippen LogP contribution in [0, 0.1) is 5.92 Å². The number of allylic oxidation sites excluding steroid dienone is 2. The van der Waals surface area contributed by atoms with Gasteiger partial charge in [0.2, 0.25) is 0 Å². The molecule has 0 saturated heterocycles. The van der Waals surface area contributed by atoms with E-state index < -0.39 is 17.9 Å². The summed E-state index contributed by atoms with van der Waals surface area (Å²) in [6.07, 6.45) is 22.5. The van der Waals surface area contributed by atoms with Gasteiger partial charge >= 0.3 is 11.9 Å². The van der Waals surface area contributed by atoms with Crippen molar-refractivity contribution in [2.24, 2.45) is 5.92 Å². The number of hydrogen-bond donors (Lipinski definition) is 1. The Labute approximate surface area is 172 Å². The third-order valence-electron chi connectivity index (χ3n) is 4.89. The summed E-state index contributed by atoms with van der Waals surface area (Å²) in [4.78, 5) is 22.8. The molecule has 1 atom stereocenters. The van der Waals surface area contributed by atoms with Gasteiger partial charge < -0.3 is 9.84 Å². The number of esters is 1. The molecule has 0 rings (SSSR count). The number of carboxylic acid groups (broad SMARTS) is 1. The van der Waals surface area contributed by atoms with Gasteiger partial charge in [0.1, 0.15) is 6.61 Å². The van der Waals surface area contributed by atoms with E-state index >= 15 is 0 Å². The lowest BCUT2D eigenvalue weighted by atomic mass is 9.97. The highest BCUT2D eigenvalue weighted by Crippen LogP contribution is 2.18. The van der Waals surface area contributed by atoms with Crippen molar-refractivity contribution in [2.45, 2.75) is 103 Å². The highest BCUT2D eigenvalue weighted by Gasteiger charge is 2.22. The van der Waals surface area contributed by atoms with Crippen LogP contribution < -0.4 is 0 Å². The lowest BCUT2D eigenvalue weighted by Crippen LogP contribution is -2.21. The van der Waals surface area contributed by atoms with E-state index in [1.807, 2.05) is 0 Å². The van der Waals surface area contributed by atoms with E-state index in [0.29, 0.717) is 6.42 Å². The molecule has 0 aromatic heterocycles. The summed E-state index contributed by atoms with van der Waals surface area (Å²) in [7, 11) is 0. The standard InChI is InChI=1S/C24H42O4/c1-3-5-6-7-8-9-10-11-12-13-14-15-16-17-18-19-22(21-23(25)26)24(27)28-20-4-2/h4,6-7,22H,2-3,5,8-21H2,1H3,(H,25,26)/b7-6+. The second-order valence-corrected chi connectivity index (χ2v) is 7.59. The lowest BCUT2D eigenvalue weighted by molar-refractivity contribution is -0.152. The van der Waals surface area contributed by atoms with E-state index in [1.165, 1.54) is 70.3 Å². The molecule has 0 aliphatic rings. The monoisotopic (exact) mass is 394 g/mol. The minimum atomic E-state index is -0.947. The largest absolute Gasteiger partial charge is 0.481 e. The van der Waals surface area contributed by atoms with Gasteiger partial charge in [0.25, 0.3) is 0 Å². The average molecular weight is 395 g/mol. The fraction of sp³-hybridized carbons (Fsp3) is 0.750. The maximum atomic E-state index is 11.9. The number of carbonyl (C=O) groups excluding carboxylic acids is 1. The van der Waals surface area contributed by atoms with Crippen LogP contribution in [0.3, 0.4) is 0 Å². The molecule has 0 aliphatic carbocycles. The molecule has 28 heavy (non-hydrogen) atoms. The van der Waals surface area contributed by atoms with Crippen LogP contribution in [0.1, 0.15) is 103 Å². The Morgan fingerprint density at radius 2 is 1.43 bits per heavy atom. The minimum Gasteiger partial charge on any atom is -0.481 e. The fourth-order valence-corrected chi connectivity index (χ4v) is 3.24. The van der Waals surface area contributed by atoms with E-state index in [4.69, 9.17) is 9.84 Å². The average Bonchev–Trinajstić information content (AvgIpc) is 2.67. The summed E-state index contributed by atoms with van der Waals surface area (Å²) in [6.45, 7) is 5.86. The molecule has 1 unspecified atom stereocenters. The molecule has 0 amide bonds. The summed E-state index contributed by atoms with van der Waals surface area (Å²) in [5.41, 5.74) is 0.